The molecule has 0 spiro atoms. The van der Waals surface area contributed by atoms with Crippen LogP contribution in [0.5, 0.6) is 0 Å². The summed E-state index contributed by atoms with van der Waals surface area (Å²) in [6.07, 6.45) is 1.10. The van der Waals surface area contributed by atoms with Crippen LogP contribution in [0.2, 0.25) is 0 Å². The number of nitrogens with zero attached hydrogens (tertiary/aromatic N) is 1. The third kappa shape index (κ3) is 0.954. The molecule has 0 aromatic carbocycles. The fourth-order valence-corrected chi connectivity index (χ4v) is 1.20. The number of aromatic amines is 2. The van der Waals surface area contributed by atoms with Gasteiger partial charge in [-0.05, 0) is 0 Å². The van der Waals surface area contributed by atoms with E-state index in [0.717, 1.165) is 6.20 Å². The Kier molecular flexibility index (Phi) is 1.53. The van der Waals surface area contributed by atoms with Crippen molar-refractivity contribution >= 4 is 22.7 Å². The van der Waals surface area contributed by atoms with Crippen LogP contribution in [0, 0.1) is 0 Å². The van der Waals surface area contributed by atoms with Gasteiger partial charge in [-0.15, -0.1) is 0 Å². The van der Waals surface area contributed by atoms with Crippen molar-refractivity contribution in [2.75, 3.05) is 5.73 Å². The Morgan fingerprint density at radius 3 is 2.86 bits per heavy atom. The Balaban J connectivity index is 2.93. The van der Waals surface area contributed by atoms with E-state index in [9.17, 15) is 9.59 Å². The van der Waals surface area contributed by atoms with Crippen LogP contribution in [-0.4, -0.2) is 26.3 Å². The van der Waals surface area contributed by atoms with Crippen LogP contribution in [0.15, 0.2) is 11.0 Å². The molecule has 2 rings (SSSR count). The van der Waals surface area contributed by atoms with Crippen molar-refractivity contribution in [1.29, 1.82) is 0 Å². The van der Waals surface area contributed by atoms with Crippen molar-refractivity contribution in [3.8, 4) is 0 Å². The number of carboxylic acid groups (broad SMARTS) is 1. The number of nitrogen functional groups attached to an aromatic ring is 1. The van der Waals surface area contributed by atoms with Crippen molar-refractivity contribution < 1.29 is 9.90 Å². The lowest BCUT2D eigenvalue weighted by molar-refractivity contribution is 0.0698. The summed E-state index contributed by atoms with van der Waals surface area (Å²) in [6, 6.07) is 0. The molecular formula is C7H6N4O3. The van der Waals surface area contributed by atoms with Crippen LogP contribution >= 0.6 is 0 Å². The SMILES string of the molecule is Nc1c(C(=O)O)cnc2[nH][nH]c(=O)c12. The minimum atomic E-state index is -1.21. The Bertz CT molecular complexity index is 568. The van der Waals surface area contributed by atoms with Gasteiger partial charge in [0.15, 0.2) is 5.65 Å². The molecule has 7 nitrogen and oxygen atoms in total. The van der Waals surface area contributed by atoms with Gasteiger partial charge in [-0.3, -0.25) is 15.0 Å². The number of nitrogens with one attached hydrogen (secondary N) is 2. The zero-order valence-corrected chi connectivity index (χ0v) is 6.87. The molecule has 72 valence electrons. The van der Waals surface area contributed by atoms with E-state index in [0.29, 0.717) is 0 Å². The summed E-state index contributed by atoms with van der Waals surface area (Å²) in [5.74, 6) is -1.21. The second kappa shape index (κ2) is 2.59. The van der Waals surface area contributed by atoms with Gasteiger partial charge in [-0.1, -0.05) is 0 Å². The van der Waals surface area contributed by atoms with Crippen LogP contribution in [0.25, 0.3) is 11.0 Å². The molecule has 0 aliphatic carbocycles. The number of aromatic nitrogens is 3. The van der Waals surface area contributed by atoms with Crippen molar-refractivity contribution in [3.63, 3.8) is 0 Å². The highest BCUT2D eigenvalue weighted by Crippen LogP contribution is 2.17. The molecule has 0 saturated heterocycles. The molecule has 0 atom stereocenters. The molecule has 0 aliphatic heterocycles. The summed E-state index contributed by atoms with van der Waals surface area (Å²) in [6.45, 7) is 0. The van der Waals surface area contributed by atoms with Crippen LogP contribution in [0.1, 0.15) is 10.4 Å². The lowest BCUT2D eigenvalue weighted by Gasteiger charge is -1.98. The van der Waals surface area contributed by atoms with Gasteiger partial charge in [-0.25, -0.2) is 9.78 Å². The molecule has 2 heterocycles. The van der Waals surface area contributed by atoms with Gasteiger partial charge in [0.1, 0.15) is 10.9 Å². The number of rotatable bonds is 1. The summed E-state index contributed by atoms with van der Waals surface area (Å²) in [4.78, 5) is 25.6. The van der Waals surface area contributed by atoms with E-state index in [2.05, 4.69) is 15.2 Å². The van der Waals surface area contributed by atoms with Gasteiger partial charge in [0.25, 0.3) is 5.56 Å². The van der Waals surface area contributed by atoms with Gasteiger partial charge in [0.2, 0.25) is 0 Å². The molecule has 2 aromatic heterocycles. The Morgan fingerprint density at radius 2 is 2.21 bits per heavy atom. The third-order valence-electron chi connectivity index (χ3n) is 1.87. The highest BCUT2D eigenvalue weighted by molar-refractivity contribution is 6.01. The van der Waals surface area contributed by atoms with Crippen molar-refractivity contribution in [2.45, 2.75) is 0 Å². The van der Waals surface area contributed by atoms with E-state index >= 15 is 0 Å². The number of carbonyl (C=O) groups is 1. The quantitative estimate of drug-likeness (QED) is 0.488. The first kappa shape index (κ1) is 8.30. The maximum Gasteiger partial charge on any atom is 0.339 e. The number of hydrogen-bond acceptors (Lipinski definition) is 4. The summed E-state index contributed by atoms with van der Waals surface area (Å²) in [5, 5.41) is 13.5. The van der Waals surface area contributed by atoms with Gasteiger partial charge < -0.3 is 10.8 Å². The third-order valence-corrected chi connectivity index (χ3v) is 1.87. The molecule has 0 radical (unpaired) electrons. The molecule has 0 unspecified atom stereocenters. The number of fused-ring (bicyclic) bond motifs is 1. The highest BCUT2D eigenvalue weighted by Gasteiger charge is 2.14. The second-order valence-electron chi connectivity index (χ2n) is 2.69. The maximum absolute atomic E-state index is 11.2. The lowest BCUT2D eigenvalue weighted by atomic mass is 10.2. The van der Waals surface area contributed by atoms with Gasteiger partial charge in [0, 0.05) is 6.20 Å². The van der Waals surface area contributed by atoms with Crippen LogP contribution in [0.4, 0.5) is 5.69 Å². The number of aromatic carboxylic acids is 1. The molecule has 2 aromatic rings. The molecule has 14 heavy (non-hydrogen) atoms. The van der Waals surface area contributed by atoms with E-state index in [1.807, 2.05) is 0 Å². The zero-order chi connectivity index (χ0) is 10.3. The fourth-order valence-electron chi connectivity index (χ4n) is 1.20. The molecule has 0 bridgehead atoms. The first-order valence-corrected chi connectivity index (χ1v) is 3.69. The zero-order valence-electron chi connectivity index (χ0n) is 6.87. The number of pyridine rings is 1. The average Bonchev–Trinajstić information content (AvgIpc) is 2.48. The standard InChI is InChI=1S/C7H6N4O3/c8-4-2(7(13)14)1-9-5-3(4)6(12)11-10-5/h1H,(H,13,14)(H4,8,9,10,11,12). The van der Waals surface area contributed by atoms with Crippen LogP contribution in [0.3, 0.4) is 0 Å². The van der Waals surface area contributed by atoms with Crippen molar-refractivity contribution in [3.05, 3.63) is 22.1 Å². The van der Waals surface area contributed by atoms with E-state index in [1.54, 1.807) is 0 Å². The van der Waals surface area contributed by atoms with E-state index in [4.69, 9.17) is 10.8 Å². The van der Waals surface area contributed by atoms with Crippen LogP contribution < -0.4 is 11.3 Å². The number of H-pyrrole nitrogens is 2. The molecule has 0 aliphatic rings. The first-order chi connectivity index (χ1) is 6.61. The monoisotopic (exact) mass is 194 g/mol. The largest absolute Gasteiger partial charge is 0.478 e. The summed E-state index contributed by atoms with van der Waals surface area (Å²) in [7, 11) is 0. The van der Waals surface area contributed by atoms with E-state index in [-0.39, 0.29) is 22.3 Å². The molecule has 0 fully saturated rings. The maximum atomic E-state index is 11.2. The predicted octanol–water partition coefficient (Wildman–Crippen LogP) is -0.468. The normalized spacial score (nSPS) is 10.6. The van der Waals surface area contributed by atoms with E-state index < -0.39 is 11.5 Å². The molecule has 7 heteroatoms. The Morgan fingerprint density at radius 1 is 1.50 bits per heavy atom. The number of anilines is 1. The predicted molar refractivity (Wildman–Crippen MR) is 48.1 cm³/mol. The smallest absolute Gasteiger partial charge is 0.339 e. The average molecular weight is 194 g/mol. The highest BCUT2D eigenvalue weighted by atomic mass is 16.4. The van der Waals surface area contributed by atoms with E-state index in [1.165, 1.54) is 0 Å². The summed E-state index contributed by atoms with van der Waals surface area (Å²) < 4.78 is 0. The fraction of sp³-hybridized carbons (Fsp3) is 0. The van der Waals surface area contributed by atoms with Crippen molar-refractivity contribution in [1.82, 2.24) is 15.2 Å². The van der Waals surface area contributed by atoms with Gasteiger partial charge in [0.05, 0.1) is 5.69 Å². The minimum Gasteiger partial charge on any atom is -0.478 e. The van der Waals surface area contributed by atoms with Crippen LogP contribution in [-0.2, 0) is 0 Å². The molecular weight excluding hydrogens is 188 g/mol. The number of hydrogen-bond donors (Lipinski definition) is 4. The summed E-state index contributed by atoms with van der Waals surface area (Å²) >= 11 is 0. The molecule has 0 saturated carbocycles. The van der Waals surface area contributed by atoms with Crippen molar-refractivity contribution in [2.24, 2.45) is 0 Å². The van der Waals surface area contributed by atoms with Gasteiger partial charge in [-0.2, -0.15) is 0 Å². The summed E-state index contributed by atoms with van der Waals surface area (Å²) in [5.41, 5.74) is 5.02. The molecule has 0 amide bonds. The minimum absolute atomic E-state index is 0.0740. The van der Waals surface area contributed by atoms with Gasteiger partial charge >= 0.3 is 5.97 Å². The Hall–Kier alpha value is -2.31. The second-order valence-corrected chi connectivity index (χ2v) is 2.69. The first-order valence-electron chi connectivity index (χ1n) is 3.69. The number of nitrogens with two attached hydrogens (primary N) is 1. The lowest BCUT2D eigenvalue weighted by Crippen LogP contribution is -2.07. The Labute approximate surface area is 76.6 Å². The molecule has 5 N–H and O–H groups in total. The number of carboxylic acids is 1. The topological polar surface area (TPSA) is 125 Å².